The maximum atomic E-state index is 12.5. The van der Waals surface area contributed by atoms with E-state index in [0.29, 0.717) is 30.4 Å². The molecule has 1 saturated heterocycles. The van der Waals surface area contributed by atoms with E-state index >= 15 is 0 Å². The molecule has 2 fully saturated rings. The second-order valence-electron chi connectivity index (χ2n) is 6.83. The van der Waals surface area contributed by atoms with Crippen LogP contribution in [-0.4, -0.2) is 33.3 Å². The molecule has 1 aromatic carbocycles. The lowest BCUT2D eigenvalue weighted by atomic mass is 9.53. The summed E-state index contributed by atoms with van der Waals surface area (Å²) in [6.07, 6.45) is 0.514. The van der Waals surface area contributed by atoms with Crippen molar-refractivity contribution < 1.29 is 24.9 Å². The molecule has 5 heteroatoms. The minimum atomic E-state index is -1.02. The molecule has 0 unspecified atom stereocenters. The monoisotopic (exact) mass is 290 g/mol. The quantitative estimate of drug-likeness (QED) is 0.629. The second-order valence-corrected chi connectivity index (χ2v) is 6.83. The summed E-state index contributed by atoms with van der Waals surface area (Å²) in [5.74, 6) is -0.149. The van der Waals surface area contributed by atoms with Crippen molar-refractivity contribution in [2.24, 2.45) is 11.3 Å². The Morgan fingerprint density at radius 1 is 1.29 bits per heavy atom. The Morgan fingerprint density at radius 3 is 2.76 bits per heavy atom. The molecule has 1 heterocycles. The molecule has 4 rings (SSSR count). The number of rotatable bonds is 0. The second kappa shape index (κ2) is 3.78. The molecule has 2 aliphatic carbocycles. The van der Waals surface area contributed by atoms with E-state index in [1.807, 2.05) is 6.92 Å². The number of aromatic hydroxyl groups is 2. The predicted molar refractivity (Wildman–Crippen MR) is 73.0 cm³/mol. The highest BCUT2D eigenvalue weighted by Gasteiger charge is 2.65. The normalized spacial score (nSPS) is 40.8. The van der Waals surface area contributed by atoms with E-state index in [9.17, 15) is 20.1 Å². The first-order valence-electron chi connectivity index (χ1n) is 7.28. The summed E-state index contributed by atoms with van der Waals surface area (Å²) in [5.41, 5.74) is -0.684. The van der Waals surface area contributed by atoms with Crippen LogP contribution >= 0.6 is 0 Å². The maximum Gasteiger partial charge on any atom is 0.139 e. The van der Waals surface area contributed by atoms with Crippen molar-refractivity contribution in [2.75, 3.05) is 6.61 Å². The molecule has 112 valence electrons. The molecule has 5 nitrogen and oxygen atoms in total. The topological polar surface area (TPSA) is 87.0 Å². The van der Waals surface area contributed by atoms with Crippen LogP contribution in [0.1, 0.15) is 37.0 Å². The van der Waals surface area contributed by atoms with Crippen molar-refractivity contribution in [1.29, 1.82) is 0 Å². The van der Waals surface area contributed by atoms with Crippen LogP contribution in [0.5, 0.6) is 11.5 Å². The standard InChI is InChI=1S/C16H18O5/c1-15-6-8-9(17)2-3-10(18)12(8)13-14(15)16(20,7-21-13)5-4-11(15)19/h2-3,13-14,17-18,20H,4-7H2,1H3/t13-,14-,15+,16+/m0/s1. The molecule has 21 heavy (non-hydrogen) atoms. The summed E-state index contributed by atoms with van der Waals surface area (Å²) in [6.45, 7) is 2.01. The highest BCUT2D eigenvalue weighted by Crippen LogP contribution is 2.62. The Balaban J connectivity index is 1.98. The van der Waals surface area contributed by atoms with Crippen LogP contribution in [-0.2, 0) is 16.0 Å². The molecular formula is C16H18O5. The van der Waals surface area contributed by atoms with Crippen molar-refractivity contribution in [3.05, 3.63) is 23.3 Å². The fourth-order valence-corrected chi connectivity index (χ4v) is 4.62. The van der Waals surface area contributed by atoms with Gasteiger partial charge in [-0.2, -0.15) is 0 Å². The zero-order chi connectivity index (χ0) is 15.0. The highest BCUT2D eigenvalue weighted by molar-refractivity contribution is 5.87. The highest BCUT2D eigenvalue weighted by atomic mass is 16.5. The van der Waals surface area contributed by atoms with E-state index < -0.39 is 17.1 Å². The van der Waals surface area contributed by atoms with E-state index in [1.54, 1.807) is 0 Å². The first-order valence-corrected chi connectivity index (χ1v) is 7.28. The van der Waals surface area contributed by atoms with Gasteiger partial charge in [-0.25, -0.2) is 0 Å². The number of Topliss-reactive ketones (excluding diaryl/α,β-unsaturated/α-hetero) is 1. The summed E-state index contributed by atoms with van der Waals surface area (Å²) in [7, 11) is 0. The minimum absolute atomic E-state index is 0.0529. The van der Waals surface area contributed by atoms with Crippen molar-refractivity contribution in [3.8, 4) is 11.5 Å². The van der Waals surface area contributed by atoms with Crippen molar-refractivity contribution in [2.45, 2.75) is 37.9 Å². The predicted octanol–water partition coefficient (Wildman–Crippen LogP) is 1.44. The summed E-state index contributed by atoms with van der Waals surface area (Å²) < 4.78 is 5.78. The van der Waals surface area contributed by atoms with Crippen molar-refractivity contribution in [3.63, 3.8) is 0 Å². The van der Waals surface area contributed by atoms with Crippen LogP contribution in [0.3, 0.4) is 0 Å². The lowest BCUT2D eigenvalue weighted by Crippen LogP contribution is -2.56. The molecule has 4 atom stereocenters. The Kier molecular flexibility index (Phi) is 2.36. The van der Waals surface area contributed by atoms with E-state index in [2.05, 4.69) is 0 Å². The van der Waals surface area contributed by atoms with Gasteiger partial charge in [0.05, 0.1) is 18.3 Å². The number of aliphatic hydroxyl groups is 1. The molecule has 1 aliphatic heterocycles. The summed E-state index contributed by atoms with van der Waals surface area (Å²) in [5, 5.41) is 31.2. The van der Waals surface area contributed by atoms with Gasteiger partial charge < -0.3 is 20.1 Å². The third-order valence-corrected chi connectivity index (χ3v) is 5.64. The first kappa shape index (κ1) is 13.1. The Morgan fingerprint density at radius 2 is 2.00 bits per heavy atom. The Hall–Kier alpha value is -1.59. The van der Waals surface area contributed by atoms with Gasteiger partial charge in [-0.3, -0.25) is 4.79 Å². The largest absolute Gasteiger partial charge is 0.508 e. The van der Waals surface area contributed by atoms with E-state index in [4.69, 9.17) is 4.74 Å². The summed E-state index contributed by atoms with van der Waals surface area (Å²) in [4.78, 5) is 12.5. The maximum absolute atomic E-state index is 12.5. The number of fused-ring (bicyclic) bond motifs is 2. The molecule has 1 aromatic rings. The molecule has 0 aromatic heterocycles. The number of benzene rings is 1. The fraction of sp³-hybridized carbons (Fsp3) is 0.562. The lowest BCUT2D eigenvalue weighted by Gasteiger charge is -2.50. The number of ketones is 1. The van der Waals surface area contributed by atoms with E-state index in [1.165, 1.54) is 12.1 Å². The molecule has 3 aliphatic rings. The number of ether oxygens (including phenoxy) is 1. The molecular weight excluding hydrogens is 272 g/mol. The minimum Gasteiger partial charge on any atom is -0.508 e. The molecule has 0 radical (unpaired) electrons. The van der Waals surface area contributed by atoms with Crippen molar-refractivity contribution in [1.82, 2.24) is 0 Å². The van der Waals surface area contributed by atoms with Crippen LogP contribution in [0.4, 0.5) is 0 Å². The zero-order valence-corrected chi connectivity index (χ0v) is 11.8. The third kappa shape index (κ3) is 1.45. The van der Waals surface area contributed by atoms with Crippen LogP contribution in [0.15, 0.2) is 12.1 Å². The van der Waals surface area contributed by atoms with Crippen molar-refractivity contribution >= 4 is 5.78 Å². The van der Waals surface area contributed by atoms with Gasteiger partial charge in [0.15, 0.2) is 0 Å². The van der Waals surface area contributed by atoms with Crippen LogP contribution in [0.2, 0.25) is 0 Å². The SMILES string of the molecule is C[C@@]12Cc3c(O)ccc(O)c3[C@@H]3OC[C@](O)(CCC1=O)[C@@H]32. The Labute approximate surface area is 122 Å². The number of carbonyl (C=O) groups is 1. The van der Waals surface area contributed by atoms with Gasteiger partial charge in [-0.05, 0) is 25.0 Å². The van der Waals surface area contributed by atoms with Gasteiger partial charge in [-0.15, -0.1) is 0 Å². The van der Waals surface area contributed by atoms with Crippen LogP contribution in [0.25, 0.3) is 0 Å². The third-order valence-electron chi connectivity index (χ3n) is 5.64. The van der Waals surface area contributed by atoms with Gasteiger partial charge in [-0.1, -0.05) is 6.92 Å². The van der Waals surface area contributed by atoms with Gasteiger partial charge >= 0.3 is 0 Å². The fourth-order valence-electron chi connectivity index (χ4n) is 4.62. The molecule has 3 N–H and O–H groups in total. The summed E-state index contributed by atoms with van der Waals surface area (Å²) >= 11 is 0. The van der Waals surface area contributed by atoms with Crippen LogP contribution in [0, 0.1) is 11.3 Å². The van der Waals surface area contributed by atoms with E-state index in [0.717, 1.165) is 0 Å². The first-order chi connectivity index (χ1) is 9.87. The zero-order valence-electron chi connectivity index (χ0n) is 11.8. The Bertz CT molecular complexity index is 654. The van der Waals surface area contributed by atoms with Gasteiger partial charge in [0.1, 0.15) is 17.3 Å². The smallest absolute Gasteiger partial charge is 0.139 e. The average Bonchev–Trinajstić information content (AvgIpc) is 2.79. The average molecular weight is 290 g/mol. The van der Waals surface area contributed by atoms with Crippen LogP contribution < -0.4 is 0 Å². The number of phenolic OH excluding ortho intramolecular Hbond substituents is 2. The molecule has 0 amide bonds. The molecule has 0 bridgehead atoms. The van der Waals surface area contributed by atoms with Gasteiger partial charge in [0, 0.05) is 28.9 Å². The summed E-state index contributed by atoms with van der Waals surface area (Å²) in [6, 6.07) is 2.87. The number of phenols is 2. The van der Waals surface area contributed by atoms with E-state index in [-0.39, 0.29) is 29.8 Å². The van der Waals surface area contributed by atoms with Gasteiger partial charge in [0.25, 0.3) is 0 Å². The molecule has 0 spiro atoms. The van der Waals surface area contributed by atoms with Gasteiger partial charge in [0.2, 0.25) is 0 Å². The lowest BCUT2D eigenvalue weighted by molar-refractivity contribution is -0.150. The molecule has 1 saturated carbocycles. The number of hydrogen-bond donors (Lipinski definition) is 3. The number of carbonyl (C=O) groups excluding carboxylic acids is 1. The number of hydrogen-bond acceptors (Lipinski definition) is 5.